The third-order valence-electron chi connectivity index (χ3n) is 2.46. The minimum absolute atomic E-state index is 0.00690. The number of hydrogen-bond acceptors (Lipinski definition) is 6. The smallest absolute Gasteiger partial charge is 0.121 e. The van der Waals surface area contributed by atoms with E-state index >= 15 is 0 Å². The quantitative estimate of drug-likeness (QED) is 0.286. The maximum absolute atomic E-state index is 9.92. The highest BCUT2D eigenvalue weighted by Gasteiger charge is 2.44. The Morgan fingerprint density at radius 1 is 1.07 bits per heavy atom. The molecule has 0 fully saturated rings. The molecule has 0 aliphatic carbocycles. The summed E-state index contributed by atoms with van der Waals surface area (Å²) in [6.45, 7) is 0.254. The monoisotopic (exact) mass is 224 g/mol. The van der Waals surface area contributed by atoms with Gasteiger partial charge in [0.15, 0.2) is 0 Å². The first-order chi connectivity index (χ1) is 6.93. The molecule has 0 spiro atoms. The Morgan fingerprint density at radius 2 is 1.60 bits per heavy atom. The fourth-order valence-electron chi connectivity index (χ4n) is 1.50. The highest BCUT2D eigenvalue weighted by molar-refractivity contribution is 4.95. The molecular formula is C9H20O6. The van der Waals surface area contributed by atoms with Gasteiger partial charge in [-0.15, -0.1) is 0 Å². The van der Waals surface area contributed by atoms with E-state index in [0.717, 1.165) is 0 Å². The van der Waals surface area contributed by atoms with Crippen molar-refractivity contribution in [2.75, 3.05) is 13.2 Å². The summed E-state index contributed by atoms with van der Waals surface area (Å²) in [6, 6.07) is 0. The van der Waals surface area contributed by atoms with Crippen molar-refractivity contribution in [2.24, 2.45) is 0 Å². The number of hydrogen-bond donors (Lipinski definition) is 6. The second kappa shape index (κ2) is 6.37. The van der Waals surface area contributed by atoms with Crippen LogP contribution in [0.25, 0.3) is 0 Å². The molecule has 0 saturated heterocycles. The summed E-state index contributed by atoms with van der Waals surface area (Å²) in [7, 11) is 0. The van der Waals surface area contributed by atoms with E-state index in [1.807, 2.05) is 0 Å². The van der Waals surface area contributed by atoms with Gasteiger partial charge in [0.05, 0.1) is 13.2 Å². The predicted octanol–water partition coefficient (Wildman–Crippen LogP) is -2.42. The summed E-state index contributed by atoms with van der Waals surface area (Å²) in [4.78, 5) is 0. The van der Waals surface area contributed by atoms with E-state index in [9.17, 15) is 20.4 Å². The van der Waals surface area contributed by atoms with Crippen molar-refractivity contribution in [2.45, 2.75) is 43.7 Å². The summed E-state index contributed by atoms with van der Waals surface area (Å²) in [5.41, 5.74) is -2.01. The second-order valence-electron chi connectivity index (χ2n) is 3.63. The van der Waals surface area contributed by atoms with E-state index < -0.39 is 37.1 Å². The highest BCUT2D eigenvalue weighted by Crippen LogP contribution is 2.24. The van der Waals surface area contributed by atoms with E-state index in [-0.39, 0.29) is 6.42 Å². The summed E-state index contributed by atoms with van der Waals surface area (Å²) >= 11 is 0. The third kappa shape index (κ3) is 3.37. The molecule has 0 aromatic carbocycles. The maximum atomic E-state index is 9.92. The Kier molecular flexibility index (Phi) is 6.26. The Morgan fingerprint density at radius 3 is 1.93 bits per heavy atom. The molecular weight excluding hydrogens is 204 g/mol. The van der Waals surface area contributed by atoms with Crippen molar-refractivity contribution in [1.29, 1.82) is 0 Å². The fraction of sp³-hybridized carbons (Fsp3) is 1.00. The minimum atomic E-state index is -2.01. The predicted molar refractivity (Wildman–Crippen MR) is 52.0 cm³/mol. The van der Waals surface area contributed by atoms with Crippen LogP contribution in [0.3, 0.4) is 0 Å². The molecule has 0 aromatic rings. The molecule has 6 nitrogen and oxygen atoms in total. The maximum Gasteiger partial charge on any atom is 0.121 e. The van der Waals surface area contributed by atoms with Crippen LogP contribution in [0.5, 0.6) is 0 Å². The number of aliphatic hydroxyl groups is 6. The number of rotatable bonds is 7. The Bertz CT molecular complexity index is 176. The molecule has 0 aliphatic rings. The van der Waals surface area contributed by atoms with E-state index in [2.05, 4.69) is 0 Å². The van der Waals surface area contributed by atoms with Gasteiger partial charge >= 0.3 is 0 Å². The van der Waals surface area contributed by atoms with Gasteiger partial charge in [0.1, 0.15) is 23.9 Å². The lowest BCUT2D eigenvalue weighted by atomic mass is 9.83. The lowest BCUT2D eigenvalue weighted by Gasteiger charge is -2.37. The Hall–Kier alpha value is -0.240. The molecule has 0 radical (unpaired) electrons. The van der Waals surface area contributed by atoms with Crippen LogP contribution in [-0.2, 0) is 0 Å². The topological polar surface area (TPSA) is 121 Å². The van der Waals surface area contributed by atoms with Crippen molar-refractivity contribution in [3.63, 3.8) is 0 Å². The standard InChI is InChI=1S/C9H20O6/c1-2-3-9(15,7(13)5-11)8(14)6(12)4-10/h6-8,10-15H,2-5H2,1H3/t6-,7+,8+,9+/m0/s1. The average Bonchev–Trinajstić information content (AvgIpc) is 2.25. The third-order valence-corrected chi connectivity index (χ3v) is 2.46. The van der Waals surface area contributed by atoms with Crippen molar-refractivity contribution < 1.29 is 30.6 Å². The van der Waals surface area contributed by atoms with Crippen LogP contribution in [0, 0.1) is 0 Å². The van der Waals surface area contributed by atoms with Crippen molar-refractivity contribution in [3.05, 3.63) is 0 Å². The molecule has 15 heavy (non-hydrogen) atoms. The second-order valence-corrected chi connectivity index (χ2v) is 3.63. The summed E-state index contributed by atoms with van der Waals surface area (Å²) in [5, 5.41) is 55.4. The van der Waals surface area contributed by atoms with Crippen LogP contribution in [0.2, 0.25) is 0 Å². The molecule has 0 saturated carbocycles. The van der Waals surface area contributed by atoms with Crippen molar-refractivity contribution >= 4 is 0 Å². The molecule has 0 aromatic heterocycles. The molecule has 0 amide bonds. The van der Waals surface area contributed by atoms with Gasteiger partial charge in [-0.1, -0.05) is 13.3 Å². The van der Waals surface area contributed by atoms with Crippen LogP contribution in [0.4, 0.5) is 0 Å². The molecule has 0 heterocycles. The van der Waals surface area contributed by atoms with Gasteiger partial charge in [0, 0.05) is 0 Å². The van der Waals surface area contributed by atoms with Gasteiger partial charge in [0.25, 0.3) is 0 Å². The van der Waals surface area contributed by atoms with Crippen LogP contribution < -0.4 is 0 Å². The highest BCUT2D eigenvalue weighted by atomic mass is 16.4. The van der Waals surface area contributed by atoms with Gasteiger partial charge in [-0.05, 0) is 6.42 Å². The molecule has 0 unspecified atom stereocenters. The lowest BCUT2D eigenvalue weighted by molar-refractivity contribution is -0.193. The van der Waals surface area contributed by atoms with E-state index in [4.69, 9.17) is 10.2 Å². The van der Waals surface area contributed by atoms with Crippen LogP contribution in [0.1, 0.15) is 19.8 Å². The van der Waals surface area contributed by atoms with Crippen LogP contribution >= 0.6 is 0 Å². The normalized spacial score (nSPS) is 21.8. The zero-order valence-corrected chi connectivity index (χ0v) is 8.74. The summed E-state index contributed by atoms with van der Waals surface area (Å²) < 4.78 is 0. The average molecular weight is 224 g/mol. The van der Waals surface area contributed by atoms with Gasteiger partial charge in [0.2, 0.25) is 0 Å². The summed E-state index contributed by atoms with van der Waals surface area (Å²) in [6.07, 6.45) is -4.36. The minimum Gasteiger partial charge on any atom is -0.394 e. The van der Waals surface area contributed by atoms with Crippen LogP contribution in [0.15, 0.2) is 0 Å². The van der Waals surface area contributed by atoms with Crippen molar-refractivity contribution in [3.8, 4) is 0 Å². The molecule has 4 atom stereocenters. The van der Waals surface area contributed by atoms with Gasteiger partial charge in [-0.3, -0.25) is 0 Å². The Labute approximate surface area is 88.4 Å². The Balaban J connectivity index is 4.75. The SMILES string of the molecule is CCC[C@@](O)([C@H](O)CO)[C@H](O)[C@@H](O)CO. The zero-order chi connectivity index (χ0) is 12.1. The largest absolute Gasteiger partial charge is 0.394 e. The number of aliphatic hydroxyl groups excluding tert-OH is 5. The van der Waals surface area contributed by atoms with E-state index in [1.165, 1.54) is 0 Å². The lowest BCUT2D eigenvalue weighted by Crippen LogP contribution is -2.58. The fourth-order valence-corrected chi connectivity index (χ4v) is 1.50. The van der Waals surface area contributed by atoms with Gasteiger partial charge in [-0.2, -0.15) is 0 Å². The van der Waals surface area contributed by atoms with E-state index in [0.29, 0.717) is 6.42 Å². The van der Waals surface area contributed by atoms with Gasteiger partial charge in [-0.25, -0.2) is 0 Å². The first kappa shape index (κ1) is 14.8. The first-order valence-electron chi connectivity index (χ1n) is 4.92. The first-order valence-corrected chi connectivity index (χ1v) is 4.92. The molecule has 0 bridgehead atoms. The zero-order valence-electron chi connectivity index (χ0n) is 8.74. The molecule has 0 rings (SSSR count). The molecule has 0 aliphatic heterocycles. The van der Waals surface area contributed by atoms with E-state index in [1.54, 1.807) is 6.92 Å². The molecule has 6 N–H and O–H groups in total. The molecule has 92 valence electrons. The van der Waals surface area contributed by atoms with Crippen LogP contribution in [-0.4, -0.2) is 67.8 Å². The van der Waals surface area contributed by atoms with Crippen molar-refractivity contribution in [1.82, 2.24) is 0 Å². The van der Waals surface area contributed by atoms with Gasteiger partial charge < -0.3 is 30.6 Å². The molecule has 6 heteroatoms. The summed E-state index contributed by atoms with van der Waals surface area (Å²) in [5.74, 6) is 0.